The number of ether oxygens (including phenoxy) is 1. The van der Waals surface area contributed by atoms with Crippen LogP contribution in [0.5, 0.6) is 0 Å². The van der Waals surface area contributed by atoms with Crippen LogP contribution < -0.4 is 10.6 Å². The highest BCUT2D eigenvalue weighted by Crippen LogP contribution is 2.21. The molecule has 0 saturated carbocycles. The predicted octanol–water partition coefficient (Wildman–Crippen LogP) is 1.61. The Balaban J connectivity index is 0. The van der Waals surface area contributed by atoms with Gasteiger partial charge in [-0.15, -0.1) is 24.0 Å². The van der Waals surface area contributed by atoms with Crippen molar-refractivity contribution < 1.29 is 22.7 Å². The summed E-state index contributed by atoms with van der Waals surface area (Å²) in [6.07, 6.45) is -4.49. The van der Waals surface area contributed by atoms with E-state index in [-0.39, 0.29) is 42.8 Å². The van der Waals surface area contributed by atoms with Crippen LogP contribution >= 0.6 is 24.0 Å². The molecule has 138 valence electrons. The van der Waals surface area contributed by atoms with Gasteiger partial charge in [0, 0.05) is 40.7 Å². The molecule has 10 heteroatoms. The molecule has 0 aliphatic rings. The Morgan fingerprint density at radius 2 is 1.78 bits per heavy atom. The molecule has 6 nitrogen and oxygen atoms in total. The standard InChI is InChI=1S/C13H25F3N4O2.HI/c1-20(2)11(21)10-19-12(18-8-9-22-3)17-7-5-4-6-13(14,15)16;/h4-10H2,1-3H3,(H2,17,18,19);1H. The van der Waals surface area contributed by atoms with Gasteiger partial charge in [-0.2, -0.15) is 13.2 Å². The van der Waals surface area contributed by atoms with Crippen LogP contribution in [0.25, 0.3) is 0 Å². The van der Waals surface area contributed by atoms with Crippen LogP contribution in [0.1, 0.15) is 19.3 Å². The molecule has 0 aromatic carbocycles. The number of amides is 1. The van der Waals surface area contributed by atoms with E-state index in [2.05, 4.69) is 15.6 Å². The van der Waals surface area contributed by atoms with Crippen molar-refractivity contribution in [3.8, 4) is 0 Å². The van der Waals surface area contributed by atoms with Crippen LogP contribution in [-0.4, -0.2) is 70.4 Å². The fourth-order valence-electron chi connectivity index (χ4n) is 1.39. The number of rotatable bonds is 9. The molecular weight excluding hydrogens is 428 g/mol. The molecule has 0 aliphatic carbocycles. The monoisotopic (exact) mass is 454 g/mol. The van der Waals surface area contributed by atoms with E-state index < -0.39 is 12.6 Å². The highest BCUT2D eigenvalue weighted by atomic mass is 127. The van der Waals surface area contributed by atoms with Crippen molar-refractivity contribution in [2.24, 2.45) is 4.99 Å². The third kappa shape index (κ3) is 15.9. The summed E-state index contributed by atoms with van der Waals surface area (Å²) in [5.41, 5.74) is 0. The van der Waals surface area contributed by atoms with Crippen molar-refractivity contribution in [3.63, 3.8) is 0 Å². The Morgan fingerprint density at radius 1 is 1.17 bits per heavy atom. The quantitative estimate of drug-likeness (QED) is 0.241. The minimum Gasteiger partial charge on any atom is -0.383 e. The number of likely N-dealkylation sites (N-methyl/N-ethyl adjacent to an activating group) is 1. The summed E-state index contributed by atoms with van der Waals surface area (Å²) in [4.78, 5) is 17.0. The number of nitrogens with zero attached hydrogens (tertiary/aromatic N) is 2. The van der Waals surface area contributed by atoms with Gasteiger partial charge in [0.1, 0.15) is 6.54 Å². The summed E-state index contributed by atoms with van der Waals surface area (Å²) >= 11 is 0. The number of methoxy groups -OCH3 is 1. The van der Waals surface area contributed by atoms with Crippen molar-refractivity contribution in [1.82, 2.24) is 15.5 Å². The zero-order valence-electron chi connectivity index (χ0n) is 13.7. The highest BCUT2D eigenvalue weighted by molar-refractivity contribution is 14.0. The average Bonchev–Trinajstić information content (AvgIpc) is 2.42. The summed E-state index contributed by atoms with van der Waals surface area (Å²) in [5.74, 6) is 0.226. The first-order chi connectivity index (χ1) is 10.3. The Labute approximate surface area is 152 Å². The number of unbranched alkanes of at least 4 members (excludes halogenated alkanes) is 1. The number of carbonyl (C=O) groups excluding carboxylic acids is 1. The zero-order chi connectivity index (χ0) is 17.0. The van der Waals surface area contributed by atoms with Gasteiger partial charge in [0.05, 0.1) is 6.61 Å². The summed E-state index contributed by atoms with van der Waals surface area (Å²) in [7, 11) is 4.81. The topological polar surface area (TPSA) is 66.0 Å². The SMILES string of the molecule is COCCNC(=NCC(=O)N(C)C)NCCCCC(F)(F)F.I. The first kappa shape index (κ1) is 24.5. The third-order valence-corrected chi connectivity index (χ3v) is 2.65. The summed E-state index contributed by atoms with van der Waals surface area (Å²) in [5, 5.41) is 5.85. The minimum absolute atomic E-state index is 0. The lowest BCUT2D eigenvalue weighted by molar-refractivity contribution is -0.135. The van der Waals surface area contributed by atoms with Crippen LogP contribution in [0.2, 0.25) is 0 Å². The zero-order valence-corrected chi connectivity index (χ0v) is 16.0. The number of aliphatic imine (C=N–C) groups is 1. The number of alkyl halides is 3. The maximum atomic E-state index is 12.0. The van der Waals surface area contributed by atoms with Gasteiger partial charge in [0.15, 0.2) is 5.96 Å². The molecule has 0 rings (SSSR count). The third-order valence-electron chi connectivity index (χ3n) is 2.65. The van der Waals surface area contributed by atoms with E-state index in [1.54, 1.807) is 21.2 Å². The average molecular weight is 454 g/mol. The molecule has 0 saturated heterocycles. The van der Waals surface area contributed by atoms with Crippen molar-refractivity contribution >= 4 is 35.8 Å². The van der Waals surface area contributed by atoms with Crippen molar-refractivity contribution in [3.05, 3.63) is 0 Å². The minimum atomic E-state index is -4.12. The summed E-state index contributed by atoms with van der Waals surface area (Å²) in [6, 6.07) is 0. The van der Waals surface area contributed by atoms with Gasteiger partial charge in [-0.05, 0) is 12.8 Å². The van der Waals surface area contributed by atoms with Gasteiger partial charge in [0.2, 0.25) is 5.91 Å². The second kappa shape index (κ2) is 13.6. The molecule has 23 heavy (non-hydrogen) atoms. The molecular formula is C13H26F3IN4O2. The molecule has 0 aliphatic heterocycles. The number of hydrogen-bond acceptors (Lipinski definition) is 3. The normalized spacial score (nSPS) is 11.7. The van der Waals surface area contributed by atoms with Crippen LogP contribution in [0.15, 0.2) is 4.99 Å². The molecule has 0 spiro atoms. The van der Waals surface area contributed by atoms with Crippen LogP contribution in [0.3, 0.4) is 0 Å². The van der Waals surface area contributed by atoms with E-state index in [4.69, 9.17) is 4.74 Å². The van der Waals surface area contributed by atoms with Crippen molar-refractivity contribution in [1.29, 1.82) is 0 Å². The lowest BCUT2D eigenvalue weighted by Gasteiger charge is -2.13. The first-order valence-electron chi connectivity index (χ1n) is 7.04. The fraction of sp³-hybridized carbons (Fsp3) is 0.846. The van der Waals surface area contributed by atoms with E-state index in [0.29, 0.717) is 32.1 Å². The fourth-order valence-corrected chi connectivity index (χ4v) is 1.39. The smallest absolute Gasteiger partial charge is 0.383 e. The number of carbonyl (C=O) groups is 1. The van der Waals surface area contributed by atoms with Gasteiger partial charge in [-0.25, -0.2) is 4.99 Å². The van der Waals surface area contributed by atoms with Crippen LogP contribution in [0, 0.1) is 0 Å². The molecule has 0 heterocycles. The van der Waals surface area contributed by atoms with Gasteiger partial charge >= 0.3 is 6.18 Å². The molecule has 0 bridgehead atoms. The highest BCUT2D eigenvalue weighted by Gasteiger charge is 2.25. The molecule has 0 aromatic heterocycles. The van der Waals surface area contributed by atoms with Crippen LogP contribution in [-0.2, 0) is 9.53 Å². The molecule has 1 amide bonds. The Morgan fingerprint density at radius 3 is 2.30 bits per heavy atom. The Kier molecular flexibility index (Phi) is 14.5. The van der Waals surface area contributed by atoms with E-state index >= 15 is 0 Å². The Bertz CT molecular complexity index is 353. The molecule has 0 fully saturated rings. The number of halogens is 4. The second-order valence-corrected chi connectivity index (χ2v) is 4.87. The maximum absolute atomic E-state index is 12.0. The largest absolute Gasteiger partial charge is 0.389 e. The van der Waals surface area contributed by atoms with E-state index in [1.807, 2.05) is 0 Å². The lowest BCUT2D eigenvalue weighted by Crippen LogP contribution is -2.40. The second-order valence-electron chi connectivity index (χ2n) is 4.87. The van der Waals surface area contributed by atoms with Gasteiger partial charge in [-0.3, -0.25) is 4.79 Å². The van der Waals surface area contributed by atoms with E-state index in [0.717, 1.165) is 0 Å². The molecule has 0 aromatic rings. The molecule has 2 N–H and O–H groups in total. The number of hydrogen-bond donors (Lipinski definition) is 2. The van der Waals surface area contributed by atoms with Gasteiger partial charge in [0.25, 0.3) is 0 Å². The predicted molar refractivity (Wildman–Crippen MR) is 94.2 cm³/mol. The lowest BCUT2D eigenvalue weighted by atomic mass is 10.2. The van der Waals surface area contributed by atoms with Crippen LogP contribution in [0.4, 0.5) is 13.2 Å². The Hall–Kier alpha value is -0.780. The van der Waals surface area contributed by atoms with Crippen molar-refractivity contribution in [2.75, 3.05) is 47.4 Å². The number of nitrogens with one attached hydrogen (secondary N) is 2. The van der Waals surface area contributed by atoms with E-state index in [1.165, 1.54) is 4.90 Å². The van der Waals surface area contributed by atoms with Gasteiger partial charge in [-0.1, -0.05) is 0 Å². The molecule has 0 atom stereocenters. The maximum Gasteiger partial charge on any atom is 0.389 e. The molecule has 0 radical (unpaired) electrons. The van der Waals surface area contributed by atoms with E-state index in [9.17, 15) is 18.0 Å². The van der Waals surface area contributed by atoms with Crippen molar-refractivity contribution in [2.45, 2.75) is 25.4 Å². The summed E-state index contributed by atoms with van der Waals surface area (Å²) < 4.78 is 41.0. The first-order valence-corrected chi connectivity index (χ1v) is 7.04. The molecule has 0 unspecified atom stereocenters. The van der Waals surface area contributed by atoms with Gasteiger partial charge < -0.3 is 20.3 Å². The number of guanidine groups is 1. The summed E-state index contributed by atoms with van der Waals surface area (Å²) in [6.45, 7) is 1.26.